The van der Waals surface area contributed by atoms with Crippen LogP contribution in [0.25, 0.3) is 0 Å². The summed E-state index contributed by atoms with van der Waals surface area (Å²) in [6.45, 7) is 0.731. The highest BCUT2D eigenvalue weighted by Gasteiger charge is 2.07. The van der Waals surface area contributed by atoms with Crippen molar-refractivity contribution in [3.8, 4) is 0 Å². The SMILES string of the molecule is Clc1ccc2c(c1)NOCC2. The Labute approximate surface area is 70.1 Å². The zero-order chi connectivity index (χ0) is 7.68. The Morgan fingerprint density at radius 1 is 1.45 bits per heavy atom. The maximum absolute atomic E-state index is 5.78. The Kier molecular flexibility index (Phi) is 1.72. The van der Waals surface area contributed by atoms with Crippen molar-refractivity contribution in [2.45, 2.75) is 6.42 Å². The first-order chi connectivity index (χ1) is 5.36. The third-order valence-electron chi connectivity index (χ3n) is 1.73. The summed E-state index contributed by atoms with van der Waals surface area (Å²) in [5, 5.41) is 0.738. The van der Waals surface area contributed by atoms with Gasteiger partial charge in [-0.15, -0.1) is 0 Å². The van der Waals surface area contributed by atoms with Gasteiger partial charge in [-0.1, -0.05) is 17.7 Å². The third-order valence-corrected chi connectivity index (χ3v) is 1.96. The molecule has 1 N–H and O–H groups in total. The normalized spacial score (nSPS) is 15.4. The molecule has 0 spiro atoms. The lowest BCUT2D eigenvalue weighted by atomic mass is 10.1. The van der Waals surface area contributed by atoms with Crippen molar-refractivity contribution in [1.82, 2.24) is 0 Å². The van der Waals surface area contributed by atoms with E-state index in [-0.39, 0.29) is 0 Å². The Morgan fingerprint density at radius 2 is 2.36 bits per heavy atom. The largest absolute Gasteiger partial charge is 0.276 e. The number of nitrogens with one attached hydrogen (secondary N) is 1. The molecule has 1 heterocycles. The molecular formula is C8H8ClNO. The van der Waals surface area contributed by atoms with Crippen LogP contribution in [0.4, 0.5) is 5.69 Å². The molecular weight excluding hydrogens is 162 g/mol. The summed E-state index contributed by atoms with van der Waals surface area (Å²) in [5.74, 6) is 0. The number of halogens is 1. The Morgan fingerprint density at radius 3 is 3.27 bits per heavy atom. The lowest BCUT2D eigenvalue weighted by molar-refractivity contribution is 0.187. The van der Waals surface area contributed by atoms with E-state index < -0.39 is 0 Å². The van der Waals surface area contributed by atoms with Crippen molar-refractivity contribution in [2.24, 2.45) is 0 Å². The van der Waals surface area contributed by atoms with Crippen LogP contribution in [0.2, 0.25) is 5.02 Å². The van der Waals surface area contributed by atoms with E-state index in [1.54, 1.807) is 0 Å². The maximum Gasteiger partial charge on any atom is 0.0787 e. The molecule has 0 saturated heterocycles. The van der Waals surface area contributed by atoms with Gasteiger partial charge in [-0.05, 0) is 17.7 Å². The summed E-state index contributed by atoms with van der Waals surface area (Å²) in [6.07, 6.45) is 0.958. The first kappa shape index (κ1) is 6.95. The first-order valence-electron chi connectivity index (χ1n) is 3.52. The number of hydrogen-bond donors (Lipinski definition) is 1. The molecule has 0 aromatic heterocycles. The van der Waals surface area contributed by atoms with Crippen LogP contribution in [-0.2, 0) is 11.3 Å². The van der Waals surface area contributed by atoms with E-state index in [2.05, 4.69) is 5.48 Å². The first-order valence-corrected chi connectivity index (χ1v) is 3.90. The van der Waals surface area contributed by atoms with Gasteiger partial charge in [-0.25, -0.2) is 0 Å². The lowest BCUT2D eigenvalue weighted by Gasteiger charge is -2.17. The molecule has 11 heavy (non-hydrogen) atoms. The van der Waals surface area contributed by atoms with Crippen LogP contribution in [-0.4, -0.2) is 6.61 Å². The summed E-state index contributed by atoms with van der Waals surface area (Å²) in [5.41, 5.74) is 5.07. The average molecular weight is 170 g/mol. The number of rotatable bonds is 0. The summed E-state index contributed by atoms with van der Waals surface area (Å²) in [7, 11) is 0. The predicted molar refractivity (Wildman–Crippen MR) is 44.7 cm³/mol. The molecule has 3 heteroatoms. The van der Waals surface area contributed by atoms with Gasteiger partial charge in [0.15, 0.2) is 0 Å². The molecule has 1 aromatic carbocycles. The zero-order valence-electron chi connectivity index (χ0n) is 5.93. The molecule has 0 amide bonds. The topological polar surface area (TPSA) is 21.3 Å². The van der Waals surface area contributed by atoms with E-state index in [9.17, 15) is 0 Å². The Hall–Kier alpha value is -0.730. The summed E-state index contributed by atoms with van der Waals surface area (Å²) < 4.78 is 0. The fourth-order valence-corrected chi connectivity index (χ4v) is 1.32. The molecule has 2 rings (SSSR count). The Bertz CT molecular complexity index is 275. The van der Waals surface area contributed by atoms with Crippen molar-refractivity contribution in [2.75, 3.05) is 12.1 Å². The van der Waals surface area contributed by atoms with Crippen LogP contribution >= 0.6 is 11.6 Å². The monoisotopic (exact) mass is 169 g/mol. The molecule has 0 aliphatic carbocycles. The van der Waals surface area contributed by atoms with Gasteiger partial charge in [0.25, 0.3) is 0 Å². The van der Waals surface area contributed by atoms with Gasteiger partial charge in [0, 0.05) is 11.4 Å². The number of benzene rings is 1. The van der Waals surface area contributed by atoms with Crippen molar-refractivity contribution < 1.29 is 4.84 Å². The summed E-state index contributed by atoms with van der Waals surface area (Å²) in [4.78, 5) is 5.04. The minimum Gasteiger partial charge on any atom is -0.276 e. The minimum absolute atomic E-state index is 0.731. The van der Waals surface area contributed by atoms with Gasteiger partial charge in [0.2, 0.25) is 0 Å². The van der Waals surface area contributed by atoms with Gasteiger partial charge in [-0.3, -0.25) is 10.3 Å². The maximum atomic E-state index is 5.78. The second-order valence-electron chi connectivity index (χ2n) is 2.50. The van der Waals surface area contributed by atoms with Gasteiger partial charge in [0.1, 0.15) is 0 Å². The molecule has 1 aromatic rings. The number of anilines is 1. The zero-order valence-corrected chi connectivity index (χ0v) is 6.69. The molecule has 0 bridgehead atoms. The van der Waals surface area contributed by atoms with Crippen molar-refractivity contribution in [1.29, 1.82) is 0 Å². The van der Waals surface area contributed by atoms with Crippen LogP contribution in [0.1, 0.15) is 5.56 Å². The molecule has 0 radical (unpaired) electrons. The quantitative estimate of drug-likeness (QED) is 0.643. The van der Waals surface area contributed by atoms with Crippen LogP contribution in [0, 0.1) is 0 Å². The van der Waals surface area contributed by atoms with Gasteiger partial charge < -0.3 is 0 Å². The van der Waals surface area contributed by atoms with E-state index in [4.69, 9.17) is 16.4 Å². The molecule has 0 saturated carbocycles. The lowest BCUT2D eigenvalue weighted by Crippen LogP contribution is -2.13. The van der Waals surface area contributed by atoms with E-state index in [1.807, 2.05) is 18.2 Å². The second kappa shape index (κ2) is 2.72. The van der Waals surface area contributed by atoms with E-state index in [0.29, 0.717) is 0 Å². The number of hydrogen-bond acceptors (Lipinski definition) is 2. The summed E-state index contributed by atoms with van der Waals surface area (Å²) >= 11 is 5.78. The molecule has 0 unspecified atom stereocenters. The second-order valence-corrected chi connectivity index (χ2v) is 2.94. The highest BCUT2D eigenvalue weighted by molar-refractivity contribution is 6.30. The van der Waals surface area contributed by atoms with E-state index in [1.165, 1.54) is 5.56 Å². The molecule has 58 valence electrons. The standard InChI is InChI=1S/C8H8ClNO/c9-7-2-1-6-3-4-11-10-8(6)5-7/h1-2,5,10H,3-4H2. The summed E-state index contributed by atoms with van der Waals surface area (Å²) in [6, 6.07) is 5.79. The van der Waals surface area contributed by atoms with Gasteiger partial charge >= 0.3 is 0 Å². The average Bonchev–Trinajstić information content (AvgIpc) is 2.04. The number of fused-ring (bicyclic) bond motifs is 1. The van der Waals surface area contributed by atoms with Crippen molar-refractivity contribution in [3.05, 3.63) is 28.8 Å². The van der Waals surface area contributed by atoms with Crippen molar-refractivity contribution >= 4 is 17.3 Å². The smallest absolute Gasteiger partial charge is 0.0787 e. The third kappa shape index (κ3) is 1.32. The van der Waals surface area contributed by atoms with Crippen LogP contribution in [0.3, 0.4) is 0 Å². The molecule has 1 aliphatic rings. The molecule has 0 fully saturated rings. The van der Waals surface area contributed by atoms with Crippen LogP contribution < -0.4 is 5.48 Å². The van der Waals surface area contributed by atoms with Crippen LogP contribution in [0.5, 0.6) is 0 Å². The highest BCUT2D eigenvalue weighted by Crippen LogP contribution is 2.23. The minimum atomic E-state index is 0.731. The van der Waals surface area contributed by atoms with E-state index >= 15 is 0 Å². The highest BCUT2D eigenvalue weighted by atomic mass is 35.5. The Balaban J connectivity index is 2.43. The van der Waals surface area contributed by atoms with E-state index in [0.717, 1.165) is 23.7 Å². The fraction of sp³-hybridized carbons (Fsp3) is 0.250. The van der Waals surface area contributed by atoms with Crippen molar-refractivity contribution in [3.63, 3.8) is 0 Å². The van der Waals surface area contributed by atoms with Gasteiger partial charge in [-0.2, -0.15) is 0 Å². The molecule has 1 aliphatic heterocycles. The van der Waals surface area contributed by atoms with Crippen LogP contribution in [0.15, 0.2) is 18.2 Å². The molecule has 2 nitrogen and oxygen atoms in total. The predicted octanol–water partition coefficient (Wildman–Crippen LogP) is 2.24. The molecule has 0 atom stereocenters. The van der Waals surface area contributed by atoms with Gasteiger partial charge in [0.05, 0.1) is 12.3 Å². The fourth-order valence-electron chi connectivity index (χ4n) is 1.15.